The molecule has 1 spiro atoms. The lowest BCUT2D eigenvalue weighted by atomic mass is 9.78. The molecule has 1 N–H and O–H groups in total. The molecule has 2 aliphatic heterocycles. The van der Waals surface area contributed by atoms with Crippen LogP contribution in [0, 0.1) is 12.3 Å². The van der Waals surface area contributed by atoms with Crippen molar-refractivity contribution >= 4 is 34.0 Å². The Bertz CT molecular complexity index is 643. The summed E-state index contributed by atoms with van der Waals surface area (Å²) >= 11 is 6.08. The number of piperidine rings is 1. The van der Waals surface area contributed by atoms with Gasteiger partial charge in [-0.3, -0.25) is 0 Å². The molecule has 2 saturated heterocycles. The van der Waals surface area contributed by atoms with Gasteiger partial charge in [-0.15, -0.1) is 12.4 Å². The van der Waals surface area contributed by atoms with Crippen LogP contribution >= 0.6 is 24.0 Å². The zero-order valence-electron chi connectivity index (χ0n) is 12.6. The fourth-order valence-electron chi connectivity index (χ4n) is 3.35. The monoisotopic (exact) mass is 364 g/mol. The fraction of sp³-hybridized carbons (Fsp3) is 0.600. The van der Waals surface area contributed by atoms with Gasteiger partial charge in [0.15, 0.2) is 0 Å². The molecule has 1 aromatic rings. The van der Waals surface area contributed by atoms with Crippen molar-refractivity contribution in [1.82, 2.24) is 9.62 Å². The number of hydrogen-bond acceptors (Lipinski definition) is 3. The van der Waals surface area contributed by atoms with Gasteiger partial charge in [-0.25, -0.2) is 8.42 Å². The second-order valence-corrected chi connectivity index (χ2v) is 8.59. The molecule has 0 unspecified atom stereocenters. The largest absolute Gasteiger partial charge is 0.317 e. The van der Waals surface area contributed by atoms with E-state index in [1.54, 1.807) is 22.5 Å². The first kappa shape index (κ1) is 18.0. The van der Waals surface area contributed by atoms with Gasteiger partial charge < -0.3 is 5.32 Å². The van der Waals surface area contributed by atoms with Crippen molar-refractivity contribution in [3.05, 3.63) is 28.8 Å². The summed E-state index contributed by atoms with van der Waals surface area (Å²) in [4.78, 5) is 0.309. The predicted molar refractivity (Wildman–Crippen MR) is 91.3 cm³/mol. The number of aryl methyl sites for hydroxylation is 1. The molecule has 2 heterocycles. The Kier molecular flexibility index (Phi) is 5.45. The molecule has 0 amide bonds. The predicted octanol–water partition coefficient (Wildman–Crippen LogP) is 2.83. The number of nitrogens with one attached hydrogen (secondary N) is 1. The topological polar surface area (TPSA) is 49.4 Å². The van der Waals surface area contributed by atoms with E-state index in [2.05, 4.69) is 5.32 Å². The summed E-state index contributed by atoms with van der Waals surface area (Å²) in [6.07, 6.45) is 3.09. The van der Waals surface area contributed by atoms with Crippen molar-refractivity contribution in [2.45, 2.75) is 31.1 Å². The maximum Gasteiger partial charge on any atom is 0.243 e. The van der Waals surface area contributed by atoms with Crippen LogP contribution in [0.4, 0.5) is 0 Å². The van der Waals surface area contributed by atoms with E-state index < -0.39 is 10.0 Å². The molecular formula is C15H22Cl2N2O2S. The first-order valence-electron chi connectivity index (χ1n) is 7.40. The fourth-order valence-corrected chi connectivity index (χ4v) is 5.17. The molecule has 0 saturated carbocycles. The highest BCUT2D eigenvalue weighted by molar-refractivity contribution is 7.89. The summed E-state index contributed by atoms with van der Waals surface area (Å²) in [6, 6.07) is 5.00. The number of sulfonamides is 1. The lowest BCUT2D eigenvalue weighted by Gasteiger charge is -2.33. The average Bonchev–Trinajstić information content (AvgIpc) is 2.87. The number of nitrogens with zero attached hydrogens (tertiary/aromatic N) is 1. The van der Waals surface area contributed by atoms with Gasteiger partial charge in [0.2, 0.25) is 10.0 Å². The quantitative estimate of drug-likeness (QED) is 0.877. The molecule has 0 radical (unpaired) electrons. The Labute approximate surface area is 143 Å². The molecule has 0 atom stereocenters. The molecule has 2 fully saturated rings. The normalized spacial score (nSPS) is 21.7. The van der Waals surface area contributed by atoms with Crippen LogP contribution in [0.5, 0.6) is 0 Å². The van der Waals surface area contributed by atoms with Crippen LogP contribution in [0.3, 0.4) is 0 Å². The third-order valence-corrected chi connectivity index (χ3v) is 7.10. The van der Waals surface area contributed by atoms with Crippen molar-refractivity contribution < 1.29 is 8.42 Å². The third-order valence-electron chi connectivity index (χ3n) is 4.85. The van der Waals surface area contributed by atoms with E-state index in [0.717, 1.165) is 37.9 Å². The molecule has 0 bridgehead atoms. The van der Waals surface area contributed by atoms with Crippen LogP contribution in [0.15, 0.2) is 23.1 Å². The summed E-state index contributed by atoms with van der Waals surface area (Å²) in [5.41, 5.74) is 1.07. The van der Waals surface area contributed by atoms with E-state index in [4.69, 9.17) is 11.6 Å². The molecule has 0 aromatic heterocycles. The minimum absolute atomic E-state index is 0. The first-order chi connectivity index (χ1) is 9.93. The zero-order valence-corrected chi connectivity index (χ0v) is 15.0. The Morgan fingerprint density at radius 3 is 2.55 bits per heavy atom. The lowest BCUT2D eigenvalue weighted by Crippen LogP contribution is -2.39. The summed E-state index contributed by atoms with van der Waals surface area (Å²) in [7, 11) is -3.42. The van der Waals surface area contributed by atoms with E-state index in [0.29, 0.717) is 23.0 Å². The molecule has 2 aliphatic rings. The zero-order chi connectivity index (χ0) is 15.1. The Balaban J connectivity index is 0.00000176. The van der Waals surface area contributed by atoms with Crippen molar-refractivity contribution in [2.75, 3.05) is 26.2 Å². The molecule has 22 heavy (non-hydrogen) atoms. The van der Waals surface area contributed by atoms with Crippen molar-refractivity contribution in [3.8, 4) is 0 Å². The van der Waals surface area contributed by atoms with Crippen LogP contribution in [0.2, 0.25) is 5.02 Å². The summed E-state index contributed by atoms with van der Waals surface area (Å²) in [5, 5.41) is 3.86. The number of benzene rings is 1. The molecule has 4 nitrogen and oxygen atoms in total. The van der Waals surface area contributed by atoms with Crippen molar-refractivity contribution in [3.63, 3.8) is 0 Å². The second-order valence-electron chi connectivity index (χ2n) is 6.25. The smallest absolute Gasteiger partial charge is 0.243 e. The Hall–Kier alpha value is -0.330. The van der Waals surface area contributed by atoms with Crippen LogP contribution in [-0.2, 0) is 10.0 Å². The molecule has 7 heteroatoms. The highest BCUT2D eigenvalue weighted by Crippen LogP contribution is 2.40. The first-order valence-corrected chi connectivity index (χ1v) is 9.22. The molecule has 124 valence electrons. The van der Waals surface area contributed by atoms with Gasteiger partial charge in [0, 0.05) is 18.1 Å². The van der Waals surface area contributed by atoms with E-state index >= 15 is 0 Å². The van der Waals surface area contributed by atoms with E-state index in [1.165, 1.54) is 0 Å². The molecular weight excluding hydrogens is 343 g/mol. The van der Waals surface area contributed by atoms with Crippen LogP contribution in [0.25, 0.3) is 0 Å². The van der Waals surface area contributed by atoms with Crippen LogP contribution < -0.4 is 5.32 Å². The molecule has 3 rings (SSSR count). The minimum atomic E-state index is -3.42. The van der Waals surface area contributed by atoms with Gasteiger partial charge in [-0.05, 0) is 62.4 Å². The van der Waals surface area contributed by atoms with E-state index in [9.17, 15) is 8.42 Å². The highest BCUT2D eigenvalue weighted by Gasteiger charge is 2.43. The van der Waals surface area contributed by atoms with Gasteiger partial charge in [0.1, 0.15) is 0 Å². The Morgan fingerprint density at radius 1 is 1.23 bits per heavy atom. The second kappa shape index (κ2) is 6.65. The van der Waals surface area contributed by atoms with Crippen LogP contribution in [-0.4, -0.2) is 38.9 Å². The highest BCUT2D eigenvalue weighted by atomic mass is 35.5. The van der Waals surface area contributed by atoms with Gasteiger partial charge >= 0.3 is 0 Å². The summed E-state index contributed by atoms with van der Waals surface area (Å²) in [5.74, 6) is 0. The maximum absolute atomic E-state index is 12.8. The standard InChI is InChI=1S/C15H21ClN2O2S.ClH/c1-12-2-3-13(10-14(12)16)21(19,20)18-9-6-15(11-18)4-7-17-8-5-15;/h2-3,10,17H,4-9,11H2,1H3;1H. The van der Waals surface area contributed by atoms with Gasteiger partial charge in [0.05, 0.1) is 4.90 Å². The summed E-state index contributed by atoms with van der Waals surface area (Å²) < 4.78 is 27.2. The van der Waals surface area contributed by atoms with Crippen LogP contribution in [0.1, 0.15) is 24.8 Å². The van der Waals surface area contributed by atoms with Gasteiger partial charge in [-0.2, -0.15) is 4.31 Å². The molecule has 1 aromatic carbocycles. The van der Waals surface area contributed by atoms with Crippen molar-refractivity contribution in [2.24, 2.45) is 5.41 Å². The average molecular weight is 365 g/mol. The summed E-state index contributed by atoms with van der Waals surface area (Å²) in [6.45, 7) is 5.11. The van der Waals surface area contributed by atoms with Gasteiger partial charge in [-0.1, -0.05) is 17.7 Å². The van der Waals surface area contributed by atoms with E-state index in [1.807, 2.05) is 6.92 Å². The van der Waals surface area contributed by atoms with Gasteiger partial charge in [0.25, 0.3) is 0 Å². The van der Waals surface area contributed by atoms with E-state index in [-0.39, 0.29) is 17.8 Å². The minimum Gasteiger partial charge on any atom is -0.317 e. The number of rotatable bonds is 2. The SMILES string of the molecule is Cc1ccc(S(=O)(=O)N2CCC3(CCNCC3)C2)cc1Cl.Cl. The number of halogens is 2. The third kappa shape index (κ3) is 3.29. The lowest BCUT2D eigenvalue weighted by molar-refractivity contribution is 0.218. The Morgan fingerprint density at radius 2 is 1.91 bits per heavy atom. The molecule has 0 aliphatic carbocycles. The van der Waals surface area contributed by atoms with Crippen molar-refractivity contribution in [1.29, 1.82) is 0 Å². The maximum atomic E-state index is 12.8. The number of hydrogen-bond donors (Lipinski definition) is 1.